The number of hydrogen-bond acceptors (Lipinski definition) is 3. The number of rotatable bonds is 3. The van der Waals surface area contributed by atoms with Crippen LogP contribution in [0.25, 0.3) is 0 Å². The second kappa shape index (κ2) is 5.97. The summed E-state index contributed by atoms with van der Waals surface area (Å²) in [5.41, 5.74) is 3.73. The van der Waals surface area contributed by atoms with Crippen LogP contribution >= 0.6 is 0 Å². The van der Waals surface area contributed by atoms with Gasteiger partial charge in [0.05, 0.1) is 25.0 Å². The van der Waals surface area contributed by atoms with Gasteiger partial charge in [-0.25, -0.2) is 4.79 Å². The third-order valence-electron chi connectivity index (χ3n) is 2.58. The van der Waals surface area contributed by atoms with Crippen molar-refractivity contribution in [3.63, 3.8) is 0 Å². The molecular weight excluding hydrogens is 228 g/mol. The summed E-state index contributed by atoms with van der Waals surface area (Å²) in [7, 11) is 3.22. The molecule has 0 bridgehead atoms. The lowest BCUT2D eigenvalue weighted by molar-refractivity contribution is 0.187. The van der Waals surface area contributed by atoms with Gasteiger partial charge in [-0.1, -0.05) is 12.0 Å². The summed E-state index contributed by atoms with van der Waals surface area (Å²) in [4.78, 5) is 13.3. The molecule has 0 aliphatic heterocycles. The van der Waals surface area contributed by atoms with Crippen LogP contribution in [0.4, 0.5) is 16.2 Å². The highest BCUT2D eigenvalue weighted by Crippen LogP contribution is 2.30. The van der Waals surface area contributed by atoms with Crippen molar-refractivity contribution in [1.82, 2.24) is 0 Å². The Balaban J connectivity index is 3.21. The van der Waals surface area contributed by atoms with E-state index in [1.165, 1.54) is 7.11 Å². The summed E-state index contributed by atoms with van der Waals surface area (Å²) in [6, 6.07) is 3.94. The van der Waals surface area contributed by atoms with Crippen molar-refractivity contribution in [2.75, 3.05) is 30.9 Å². The lowest BCUT2D eigenvalue weighted by Gasteiger charge is -2.23. The molecule has 18 heavy (non-hydrogen) atoms. The molecule has 0 atom stereocenters. The molecule has 0 unspecified atom stereocenters. The van der Waals surface area contributed by atoms with Gasteiger partial charge in [0.2, 0.25) is 0 Å². The van der Waals surface area contributed by atoms with Crippen molar-refractivity contribution in [2.24, 2.45) is 0 Å². The molecule has 1 aromatic rings. The molecule has 0 fully saturated rings. The molecule has 0 aliphatic rings. The Bertz CT molecular complexity index is 489. The zero-order valence-corrected chi connectivity index (χ0v) is 11.2. The highest BCUT2D eigenvalue weighted by atomic mass is 16.5. The normalized spacial score (nSPS) is 9.50. The Morgan fingerprint density at radius 1 is 1.50 bits per heavy atom. The molecule has 1 amide bonds. The Morgan fingerprint density at radius 2 is 2.17 bits per heavy atom. The van der Waals surface area contributed by atoms with Crippen LogP contribution in [0.2, 0.25) is 0 Å². The van der Waals surface area contributed by atoms with Gasteiger partial charge in [-0.15, -0.1) is 6.42 Å². The summed E-state index contributed by atoms with van der Waals surface area (Å²) in [6.07, 6.45) is 4.83. The number of anilines is 2. The van der Waals surface area contributed by atoms with Crippen molar-refractivity contribution < 1.29 is 9.53 Å². The summed E-state index contributed by atoms with van der Waals surface area (Å²) in [5.74, 6) is 2.58. The molecule has 1 aromatic carbocycles. The topological polar surface area (TPSA) is 41.6 Å². The number of carbonyl (C=O) groups excluding carboxylic acids is 1. The van der Waals surface area contributed by atoms with Crippen LogP contribution in [0.3, 0.4) is 0 Å². The van der Waals surface area contributed by atoms with Crippen LogP contribution in [0.5, 0.6) is 0 Å². The third kappa shape index (κ3) is 3.17. The summed E-state index contributed by atoms with van der Waals surface area (Å²) < 4.78 is 4.62. The molecule has 0 heterocycles. The van der Waals surface area contributed by atoms with E-state index in [9.17, 15) is 4.79 Å². The molecule has 4 heteroatoms. The van der Waals surface area contributed by atoms with E-state index >= 15 is 0 Å². The van der Waals surface area contributed by atoms with Gasteiger partial charge in [-0.05, 0) is 31.0 Å². The SMILES string of the molecule is C#CCN(C)c1c(C)cc(C)cc1NC(=O)OC. The first-order valence-corrected chi connectivity index (χ1v) is 5.60. The number of nitrogens with one attached hydrogen (secondary N) is 1. The lowest BCUT2D eigenvalue weighted by atomic mass is 10.1. The molecule has 0 aromatic heterocycles. The fourth-order valence-corrected chi connectivity index (χ4v) is 1.94. The monoisotopic (exact) mass is 246 g/mol. The average Bonchev–Trinajstić information content (AvgIpc) is 2.28. The Hall–Kier alpha value is -2.15. The molecule has 0 aliphatic carbocycles. The highest BCUT2D eigenvalue weighted by molar-refractivity contribution is 5.90. The number of nitrogens with zero attached hydrogens (tertiary/aromatic N) is 1. The number of terminal acetylenes is 1. The molecule has 4 nitrogen and oxygen atoms in total. The van der Waals surface area contributed by atoms with E-state index < -0.39 is 6.09 Å². The maximum absolute atomic E-state index is 11.3. The minimum absolute atomic E-state index is 0.472. The zero-order chi connectivity index (χ0) is 13.7. The van der Waals surface area contributed by atoms with Gasteiger partial charge in [0.15, 0.2) is 0 Å². The Labute approximate surface area is 108 Å². The molecule has 1 rings (SSSR count). The minimum Gasteiger partial charge on any atom is -0.453 e. The molecule has 0 saturated carbocycles. The van der Waals surface area contributed by atoms with Gasteiger partial charge in [-0.3, -0.25) is 5.32 Å². The molecule has 0 radical (unpaired) electrons. The van der Waals surface area contributed by atoms with Gasteiger partial charge in [0.1, 0.15) is 0 Å². The van der Waals surface area contributed by atoms with Gasteiger partial charge < -0.3 is 9.64 Å². The first-order chi connectivity index (χ1) is 8.49. The van der Waals surface area contributed by atoms with Crippen LogP contribution in [0.1, 0.15) is 11.1 Å². The number of amides is 1. The van der Waals surface area contributed by atoms with Crippen molar-refractivity contribution in [3.8, 4) is 12.3 Å². The smallest absolute Gasteiger partial charge is 0.411 e. The van der Waals surface area contributed by atoms with E-state index in [2.05, 4.69) is 16.0 Å². The van der Waals surface area contributed by atoms with Gasteiger partial charge in [0, 0.05) is 7.05 Å². The van der Waals surface area contributed by atoms with Crippen molar-refractivity contribution in [2.45, 2.75) is 13.8 Å². The molecule has 1 N–H and O–H groups in total. The van der Waals surface area contributed by atoms with Crippen molar-refractivity contribution in [3.05, 3.63) is 23.3 Å². The van der Waals surface area contributed by atoms with E-state index in [1.807, 2.05) is 37.9 Å². The summed E-state index contributed by atoms with van der Waals surface area (Å²) >= 11 is 0. The molecule has 0 spiro atoms. The fourth-order valence-electron chi connectivity index (χ4n) is 1.94. The fraction of sp³-hybridized carbons (Fsp3) is 0.357. The van der Waals surface area contributed by atoms with E-state index in [4.69, 9.17) is 6.42 Å². The summed E-state index contributed by atoms with van der Waals surface area (Å²) in [5, 5.41) is 2.71. The average molecular weight is 246 g/mol. The van der Waals surface area contributed by atoms with E-state index in [0.717, 1.165) is 16.8 Å². The van der Waals surface area contributed by atoms with E-state index in [1.54, 1.807) is 0 Å². The van der Waals surface area contributed by atoms with E-state index in [0.29, 0.717) is 12.2 Å². The maximum Gasteiger partial charge on any atom is 0.411 e. The number of methoxy groups -OCH3 is 1. The van der Waals surface area contributed by atoms with Gasteiger partial charge in [0.25, 0.3) is 0 Å². The lowest BCUT2D eigenvalue weighted by Crippen LogP contribution is -2.21. The third-order valence-corrected chi connectivity index (χ3v) is 2.58. The van der Waals surface area contributed by atoms with Crippen molar-refractivity contribution >= 4 is 17.5 Å². The predicted molar refractivity (Wildman–Crippen MR) is 74.0 cm³/mol. The van der Waals surface area contributed by atoms with Crippen LogP contribution in [0, 0.1) is 26.2 Å². The quantitative estimate of drug-likeness (QED) is 0.833. The van der Waals surface area contributed by atoms with Crippen LogP contribution in [-0.4, -0.2) is 26.8 Å². The number of ether oxygens (including phenoxy) is 1. The predicted octanol–water partition coefficient (Wildman–Crippen LogP) is 2.55. The first kappa shape index (κ1) is 13.9. The second-order valence-corrected chi connectivity index (χ2v) is 4.15. The maximum atomic E-state index is 11.3. The Morgan fingerprint density at radius 3 is 2.72 bits per heavy atom. The summed E-state index contributed by atoms with van der Waals surface area (Å²) in [6.45, 7) is 4.43. The number of benzene rings is 1. The molecule has 96 valence electrons. The zero-order valence-electron chi connectivity index (χ0n) is 11.2. The highest BCUT2D eigenvalue weighted by Gasteiger charge is 2.13. The van der Waals surface area contributed by atoms with E-state index in [-0.39, 0.29) is 0 Å². The molecular formula is C14H18N2O2. The first-order valence-electron chi connectivity index (χ1n) is 5.60. The largest absolute Gasteiger partial charge is 0.453 e. The minimum atomic E-state index is -0.490. The van der Waals surface area contributed by atoms with Crippen LogP contribution in [-0.2, 0) is 4.74 Å². The molecule has 0 saturated heterocycles. The van der Waals surface area contributed by atoms with Crippen LogP contribution in [0.15, 0.2) is 12.1 Å². The van der Waals surface area contributed by atoms with Gasteiger partial charge in [-0.2, -0.15) is 0 Å². The number of hydrogen-bond donors (Lipinski definition) is 1. The van der Waals surface area contributed by atoms with Gasteiger partial charge >= 0.3 is 6.09 Å². The number of carbonyl (C=O) groups is 1. The Kier molecular flexibility index (Phi) is 4.61. The van der Waals surface area contributed by atoms with Crippen molar-refractivity contribution in [1.29, 1.82) is 0 Å². The standard InChI is InChI=1S/C14H18N2O2/c1-6-7-16(4)13-11(3)8-10(2)9-12(13)15-14(17)18-5/h1,8-9H,7H2,2-5H3,(H,15,17). The second-order valence-electron chi connectivity index (χ2n) is 4.15. The number of aryl methyl sites for hydroxylation is 2. The van der Waals surface area contributed by atoms with Crippen LogP contribution < -0.4 is 10.2 Å².